The molecule has 2 heterocycles. The Hall–Kier alpha value is -2.40. The molecule has 0 amide bonds. The second-order valence-electron chi connectivity index (χ2n) is 7.29. The van der Waals surface area contributed by atoms with Gasteiger partial charge in [-0.1, -0.05) is 17.7 Å². The molecule has 1 aliphatic rings. The fraction of sp³-hybridized carbons (Fsp3) is 0.300. The van der Waals surface area contributed by atoms with Gasteiger partial charge in [-0.25, -0.2) is 18.4 Å². The predicted molar refractivity (Wildman–Crippen MR) is 107 cm³/mol. The Kier molecular flexibility index (Phi) is 6.07. The lowest BCUT2D eigenvalue weighted by molar-refractivity contribution is -0.0206. The van der Waals surface area contributed by atoms with Gasteiger partial charge in [-0.2, -0.15) is 13.5 Å². The van der Waals surface area contributed by atoms with E-state index in [-0.39, 0.29) is 42.6 Å². The molecule has 2 aromatic carbocycles. The summed E-state index contributed by atoms with van der Waals surface area (Å²) >= 11 is 5.80. The minimum absolute atomic E-state index is 0.0192. The second kappa shape index (κ2) is 8.62. The van der Waals surface area contributed by atoms with Gasteiger partial charge in [-0.3, -0.25) is 4.18 Å². The van der Waals surface area contributed by atoms with Gasteiger partial charge in [0, 0.05) is 22.6 Å². The Balaban J connectivity index is 1.53. The first-order chi connectivity index (χ1) is 14.8. The summed E-state index contributed by atoms with van der Waals surface area (Å²) in [6.45, 7) is 0.0878. The zero-order chi connectivity index (χ0) is 22.1. The van der Waals surface area contributed by atoms with E-state index in [1.54, 1.807) is 0 Å². The Morgan fingerprint density at radius 3 is 2.68 bits per heavy atom. The van der Waals surface area contributed by atoms with Gasteiger partial charge in [0.05, 0.1) is 24.7 Å². The van der Waals surface area contributed by atoms with Crippen LogP contribution in [0.5, 0.6) is 0 Å². The standard InChI is InChI=1S/C20H18ClF2N3O4S/c21-15-1-4-17(5-2-15)31(27,28)30-10-14-8-20(29-9-14,11-26-13-24-12-25-26)18-6-3-16(22)7-19(18)23/h1-7,12-14H,8-11H2/t14-,20+/m0/s1. The van der Waals surface area contributed by atoms with Crippen LogP contribution in [0.25, 0.3) is 0 Å². The number of hydrogen-bond acceptors (Lipinski definition) is 6. The Labute approximate surface area is 182 Å². The van der Waals surface area contributed by atoms with Gasteiger partial charge in [-0.05, 0) is 36.8 Å². The Morgan fingerprint density at radius 1 is 1.23 bits per heavy atom. The molecule has 0 unspecified atom stereocenters. The average Bonchev–Trinajstić information content (AvgIpc) is 3.38. The zero-order valence-corrected chi connectivity index (χ0v) is 17.7. The summed E-state index contributed by atoms with van der Waals surface area (Å²) in [7, 11) is -4.00. The third-order valence-corrected chi connectivity index (χ3v) is 6.63. The van der Waals surface area contributed by atoms with Crippen molar-refractivity contribution in [2.45, 2.75) is 23.5 Å². The number of halogens is 3. The number of rotatable bonds is 7. The van der Waals surface area contributed by atoms with Gasteiger partial charge >= 0.3 is 0 Å². The quantitative estimate of drug-likeness (QED) is 0.492. The third kappa shape index (κ3) is 4.77. The van der Waals surface area contributed by atoms with Gasteiger partial charge in [-0.15, -0.1) is 0 Å². The summed E-state index contributed by atoms with van der Waals surface area (Å²) in [5.41, 5.74) is -1.02. The van der Waals surface area contributed by atoms with Crippen LogP contribution < -0.4 is 0 Å². The van der Waals surface area contributed by atoms with Crippen molar-refractivity contribution in [2.75, 3.05) is 13.2 Å². The van der Waals surface area contributed by atoms with Crippen molar-refractivity contribution < 1.29 is 26.1 Å². The van der Waals surface area contributed by atoms with E-state index in [0.29, 0.717) is 5.02 Å². The van der Waals surface area contributed by atoms with E-state index in [4.69, 9.17) is 20.5 Å². The minimum atomic E-state index is -4.00. The molecule has 1 aromatic heterocycles. The van der Waals surface area contributed by atoms with Crippen LogP contribution in [0.4, 0.5) is 8.78 Å². The highest BCUT2D eigenvalue weighted by Gasteiger charge is 2.45. The normalized spacial score (nSPS) is 21.5. The number of aromatic nitrogens is 3. The molecule has 1 saturated heterocycles. The third-order valence-electron chi connectivity index (χ3n) is 5.08. The fourth-order valence-corrected chi connectivity index (χ4v) is 4.74. The van der Waals surface area contributed by atoms with E-state index >= 15 is 0 Å². The number of ether oxygens (including phenoxy) is 1. The molecule has 164 valence electrons. The lowest BCUT2D eigenvalue weighted by atomic mass is 9.87. The second-order valence-corrected chi connectivity index (χ2v) is 9.34. The lowest BCUT2D eigenvalue weighted by Crippen LogP contribution is -2.32. The monoisotopic (exact) mass is 469 g/mol. The van der Waals surface area contributed by atoms with Crippen LogP contribution in [-0.2, 0) is 31.2 Å². The van der Waals surface area contributed by atoms with Crippen molar-refractivity contribution in [1.29, 1.82) is 0 Å². The van der Waals surface area contributed by atoms with Crippen LogP contribution in [0.3, 0.4) is 0 Å². The van der Waals surface area contributed by atoms with Crippen molar-refractivity contribution in [3.05, 3.63) is 77.3 Å². The summed E-state index contributed by atoms with van der Waals surface area (Å²) in [5, 5.41) is 4.45. The summed E-state index contributed by atoms with van der Waals surface area (Å²) in [4.78, 5) is 3.86. The van der Waals surface area contributed by atoms with E-state index < -0.39 is 27.4 Å². The van der Waals surface area contributed by atoms with Crippen molar-refractivity contribution in [3.63, 3.8) is 0 Å². The molecule has 0 spiro atoms. The van der Waals surface area contributed by atoms with Crippen molar-refractivity contribution >= 4 is 21.7 Å². The Morgan fingerprint density at radius 2 is 2.00 bits per heavy atom. The predicted octanol–water partition coefficient (Wildman–Crippen LogP) is 3.55. The SMILES string of the molecule is O=S(=O)(OC[C@@H]1CO[C@](Cn2cncn2)(c2ccc(F)cc2F)C1)c1ccc(Cl)cc1. The Bertz CT molecular complexity index is 1160. The molecule has 2 atom stereocenters. The van der Waals surface area contributed by atoms with Crippen molar-refractivity contribution in [2.24, 2.45) is 5.92 Å². The molecule has 7 nitrogen and oxygen atoms in total. The summed E-state index contributed by atoms with van der Waals surface area (Å²) in [5.74, 6) is -1.81. The van der Waals surface area contributed by atoms with Crippen molar-refractivity contribution in [1.82, 2.24) is 14.8 Å². The van der Waals surface area contributed by atoms with Gasteiger partial charge in [0.15, 0.2) is 0 Å². The summed E-state index contributed by atoms with van der Waals surface area (Å²) < 4.78 is 65.6. The van der Waals surface area contributed by atoms with E-state index in [1.165, 1.54) is 47.7 Å². The molecule has 0 radical (unpaired) electrons. The van der Waals surface area contributed by atoms with Crippen LogP contribution in [0, 0.1) is 17.6 Å². The zero-order valence-electron chi connectivity index (χ0n) is 16.1. The fourth-order valence-electron chi connectivity index (χ4n) is 3.64. The molecule has 4 rings (SSSR count). The molecule has 0 bridgehead atoms. The highest BCUT2D eigenvalue weighted by atomic mass is 35.5. The van der Waals surface area contributed by atoms with Crippen molar-refractivity contribution in [3.8, 4) is 0 Å². The van der Waals surface area contributed by atoms with Gasteiger partial charge in [0.25, 0.3) is 10.1 Å². The molecule has 3 aromatic rings. The van der Waals surface area contributed by atoms with Gasteiger partial charge in [0.1, 0.15) is 29.9 Å². The van der Waals surface area contributed by atoms with E-state index in [0.717, 1.165) is 12.1 Å². The van der Waals surface area contributed by atoms with E-state index in [2.05, 4.69) is 10.1 Å². The highest BCUT2D eigenvalue weighted by molar-refractivity contribution is 7.86. The highest BCUT2D eigenvalue weighted by Crippen LogP contribution is 2.42. The van der Waals surface area contributed by atoms with E-state index in [1.807, 2.05) is 0 Å². The molecule has 0 N–H and O–H groups in total. The lowest BCUT2D eigenvalue weighted by Gasteiger charge is -2.29. The maximum absolute atomic E-state index is 14.6. The number of benzene rings is 2. The first-order valence-electron chi connectivity index (χ1n) is 9.34. The smallest absolute Gasteiger partial charge is 0.296 e. The minimum Gasteiger partial charge on any atom is -0.368 e. The maximum Gasteiger partial charge on any atom is 0.296 e. The molecule has 31 heavy (non-hydrogen) atoms. The maximum atomic E-state index is 14.6. The van der Waals surface area contributed by atoms with Crippen LogP contribution in [0.2, 0.25) is 5.02 Å². The topological polar surface area (TPSA) is 83.3 Å². The molecular weight excluding hydrogens is 452 g/mol. The molecule has 1 aliphatic heterocycles. The molecular formula is C20H18ClF2N3O4S. The van der Waals surface area contributed by atoms with Crippen LogP contribution in [-0.4, -0.2) is 36.4 Å². The molecule has 1 fully saturated rings. The van der Waals surface area contributed by atoms with Gasteiger partial charge < -0.3 is 4.74 Å². The number of hydrogen-bond donors (Lipinski definition) is 0. The van der Waals surface area contributed by atoms with Crippen LogP contribution >= 0.6 is 11.6 Å². The average molecular weight is 470 g/mol. The van der Waals surface area contributed by atoms with E-state index in [9.17, 15) is 17.2 Å². The number of nitrogens with zero attached hydrogens (tertiary/aromatic N) is 3. The molecule has 0 aliphatic carbocycles. The van der Waals surface area contributed by atoms with Gasteiger partial charge in [0.2, 0.25) is 0 Å². The summed E-state index contributed by atoms with van der Waals surface area (Å²) in [6, 6.07) is 8.89. The van der Waals surface area contributed by atoms with Crippen LogP contribution in [0.15, 0.2) is 60.0 Å². The summed E-state index contributed by atoms with van der Waals surface area (Å²) in [6.07, 6.45) is 3.04. The largest absolute Gasteiger partial charge is 0.368 e. The molecule has 0 saturated carbocycles. The first kappa shape index (κ1) is 21.8. The van der Waals surface area contributed by atoms with Crippen LogP contribution in [0.1, 0.15) is 12.0 Å². The molecule has 11 heteroatoms. The first-order valence-corrected chi connectivity index (χ1v) is 11.1.